The highest BCUT2D eigenvalue weighted by Crippen LogP contribution is 2.08. The Kier molecular flexibility index (Phi) is 20.3. The second-order valence-electron chi connectivity index (χ2n) is 7.06. The highest BCUT2D eigenvalue weighted by Gasteiger charge is 2.09. The lowest BCUT2D eigenvalue weighted by Crippen LogP contribution is -2.25. The van der Waals surface area contributed by atoms with Gasteiger partial charge in [0.15, 0.2) is 0 Å². The average Bonchev–Trinajstić information content (AvgIpc) is 2.66. The summed E-state index contributed by atoms with van der Waals surface area (Å²) in [5.41, 5.74) is 0. The molecule has 0 radical (unpaired) electrons. The summed E-state index contributed by atoms with van der Waals surface area (Å²) >= 11 is 0. The third-order valence-corrected chi connectivity index (χ3v) is 4.37. The van der Waals surface area contributed by atoms with E-state index in [0.717, 1.165) is 19.3 Å². The molecule has 0 fully saturated rings. The number of aliphatic hydroxyl groups excluding tert-OH is 1. The van der Waals surface area contributed by atoms with Crippen molar-refractivity contribution in [2.45, 2.75) is 97.0 Å². The van der Waals surface area contributed by atoms with E-state index in [1.165, 1.54) is 64.7 Å². The molecule has 0 rings (SSSR count). The molecular formula is C23H42O4. The van der Waals surface area contributed by atoms with Crippen LogP contribution in [-0.4, -0.2) is 37.0 Å². The first-order valence-corrected chi connectivity index (χ1v) is 10.9. The monoisotopic (exact) mass is 382 g/mol. The SMILES string of the molecule is CCCCC/C=C\C/C=C\CCCCCCCCOC(CO)COC(C)=O. The van der Waals surface area contributed by atoms with Gasteiger partial charge in [-0.2, -0.15) is 0 Å². The minimum absolute atomic E-state index is 0.116. The summed E-state index contributed by atoms with van der Waals surface area (Å²) in [5, 5.41) is 9.15. The third-order valence-electron chi connectivity index (χ3n) is 4.37. The Balaban J connectivity index is 3.32. The number of hydrogen-bond donors (Lipinski definition) is 1. The number of esters is 1. The number of carbonyl (C=O) groups is 1. The second kappa shape index (κ2) is 21.2. The van der Waals surface area contributed by atoms with Crippen molar-refractivity contribution in [2.75, 3.05) is 19.8 Å². The quantitative estimate of drug-likeness (QED) is 0.176. The molecule has 0 aromatic carbocycles. The van der Waals surface area contributed by atoms with Gasteiger partial charge in [0.2, 0.25) is 0 Å². The number of rotatable bonds is 19. The van der Waals surface area contributed by atoms with Crippen molar-refractivity contribution in [2.24, 2.45) is 0 Å². The van der Waals surface area contributed by atoms with Crippen LogP contribution in [0.3, 0.4) is 0 Å². The summed E-state index contributed by atoms with van der Waals surface area (Å²) in [7, 11) is 0. The van der Waals surface area contributed by atoms with Gasteiger partial charge < -0.3 is 14.6 Å². The topological polar surface area (TPSA) is 55.8 Å². The minimum Gasteiger partial charge on any atom is -0.463 e. The lowest BCUT2D eigenvalue weighted by atomic mass is 10.1. The molecule has 0 heterocycles. The summed E-state index contributed by atoms with van der Waals surface area (Å²) in [5.74, 6) is -0.342. The molecule has 1 unspecified atom stereocenters. The Labute approximate surface area is 167 Å². The first-order chi connectivity index (χ1) is 13.2. The molecule has 0 aliphatic rings. The molecular weight excluding hydrogens is 340 g/mol. The number of ether oxygens (including phenoxy) is 2. The number of aliphatic hydroxyl groups is 1. The van der Waals surface area contributed by atoms with Crippen molar-refractivity contribution in [3.63, 3.8) is 0 Å². The highest BCUT2D eigenvalue weighted by atomic mass is 16.6. The molecule has 0 aromatic heterocycles. The van der Waals surface area contributed by atoms with Gasteiger partial charge in [-0.15, -0.1) is 0 Å². The van der Waals surface area contributed by atoms with Crippen LogP contribution < -0.4 is 0 Å². The Bertz CT molecular complexity index is 377. The predicted octanol–water partition coefficient (Wildman–Crippen LogP) is 5.74. The van der Waals surface area contributed by atoms with E-state index < -0.39 is 6.10 Å². The molecule has 0 saturated heterocycles. The van der Waals surface area contributed by atoms with E-state index in [1.807, 2.05) is 0 Å². The van der Waals surface area contributed by atoms with E-state index in [4.69, 9.17) is 14.6 Å². The highest BCUT2D eigenvalue weighted by molar-refractivity contribution is 5.65. The second-order valence-corrected chi connectivity index (χ2v) is 7.06. The van der Waals surface area contributed by atoms with Gasteiger partial charge in [0.25, 0.3) is 0 Å². The fraction of sp³-hybridized carbons (Fsp3) is 0.783. The molecule has 0 spiro atoms. The van der Waals surface area contributed by atoms with Crippen LogP contribution in [0, 0.1) is 0 Å². The predicted molar refractivity (Wildman–Crippen MR) is 113 cm³/mol. The maximum atomic E-state index is 10.7. The fourth-order valence-corrected chi connectivity index (χ4v) is 2.70. The van der Waals surface area contributed by atoms with Gasteiger partial charge in [-0.25, -0.2) is 0 Å². The van der Waals surface area contributed by atoms with E-state index in [9.17, 15) is 4.79 Å². The van der Waals surface area contributed by atoms with Crippen molar-refractivity contribution >= 4 is 5.97 Å². The van der Waals surface area contributed by atoms with Crippen LogP contribution in [0.25, 0.3) is 0 Å². The molecule has 0 aliphatic heterocycles. The summed E-state index contributed by atoms with van der Waals surface area (Å²) in [6, 6.07) is 0. The zero-order chi connectivity index (χ0) is 20.0. The third kappa shape index (κ3) is 21.0. The van der Waals surface area contributed by atoms with Crippen molar-refractivity contribution < 1.29 is 19.4 Å². The molecule has 1 N–H and O–H groups in total. The van der Waals surface area contributed by atoms with Gasteiger partial charge in [0.05, 0.1) is 6.61 Å². The lowest BCUT2D eigenvalue weighted by molar-refractivity contribution is -0.146. The molecule has 1 atom stereocenters. The Morgan fingerprint density at radius 2 is 1.48 bits per heavy atom. The molecule has 0 saturated carbocycles. The van der Waals surface area contributed by atoms with Gasteiger partial charge in [0.1, 0.15) is 12.7 Å². The van der Waals surface area contributed by atoms with Crippen molar-refractivity contribution in [1.82, 2.24) is 0 Å². The van der Waals surface area contributed by atoms with Gasteiger partial charge >= 0.3 is 5.97 Å². The summed E-state index contributed by atoms with van der Waals surface area (Å²) in [6.07, 6.45) is 23.4. The van der Waals surface area contributed by atoms with E-state index in [-0.39, 0.29) is 19.2 Å². The zero-order valence-electron chi connectivity index (χ0n) is 17.7. The van der Waals surface area contributed by atoms with Crippen LogP contribution >= 0.6 is 0 Å². The van der Waals surface area contributed by atoms with Crippen molar-refractivity contribution in [3.8, 4) is 0 Å². The van der Waals surface area contributed by atoms with Gasteiger partial charge in [-0.3, -0.25) is 4.79 Å². The maximum Gasteiger partial charge on any atom is 0.302 e. The number of carbonyl (C=O) groups excluding carboxylic acids is 1. The Hall–Kier alpha value is -1.13. The van der Waals surface area contributed by atoms with Crippen LogP contribution in [-0.2, 0) is 14.3 Å². The van der Waals surface area contributed by atoms with Gasteiger partial charge in [-0.05, 0) is 38.5 Å². The first kappa shape index (κ1) is 25.9. The molecule has 4 heteroatoms. The normalized spacial score (nSPS) is 12.9. The number of unbranched alkanes of at least 4 members (excludes halogenated alkanes) is 9. The summed E-state index contributed by atoms with van der Waals surface area (Å²) in [4.78, 5) is 10.7. The van der Waals surface area contributed by atoms with E-state index in [1.54, 1.807) is 0 Å². The first-order valence-electron chi connectivity index (χ1n) is 10.9. The van der Waals surface area contributed by atoms with Crippen molar-refractivity contribution in [3.05, 3.63) is 24.3 Å². The van der Waals surface area contributed by atoms with E-state index in [0.29, 0.717) is 6.61 Å². The van der Waals surface area contributed by atoms with E-state index in [2.05, 4.69) is 31.2 Å². The minimum atomic E-state index is -0.396. The largest absolute Gasteiger partial charge is 0.463 e. The van der Waals surface area contributed by atoms with Crippen LogP contribution in [0.2, 0.25) is 0 Å². The number of hydrogen-bond acceptors (Lipinski definition) is 4. The Morgan fingerprint density at radius 1 is 0.889 bits per heavy atom. The standard InChI is InChI=1S/C23H42O4/c1-3-4-5-6-7-8-9-10-11-12-13-14-15-16-17-18-19-26-23(20-24)21-27-22(2)25/h7-8,10-11,23-24H,3-6,9,12-21H2,1-2H3/b8-7-,11-10-. The Morgan fingerprint density at radius 3 is 2.07 bits per heavy atom. The fourth-order valence-electron chi connectivity index (χ4n) is 2.70. The zero-order valence-corrected chi connectivity index (χ0v) is 17.7. The summed E-state index contributed by atoms with van der Waals surface area (Å²) in [6.45, 7) is 4.23. The van der Waals surface area contributed by atoms with Crippen molar-refractivity contribution in [1.29, 1.82) is 0 Å². The lowest BCUT2D eigenvalue weighted by Gasteiger charge is -2.14. The van der Waals surface area contributed by atoms with Gasteiger partial charge in [0, 0.05) is 13.5 Å². The van der Waals surface area contributed by atoms with E-state index >= 15 is 0 Å². The smallest absolute Gasteiger partial charge is 0.302 e. The molecule has 0 aliphatic carbocycles. The van der Waals surface area contributed by atoms with Gasteiger partial charge in [-0.1, -0.05) is 69.8 Å². The molecule has 0 amide bonds. The molecule has 0 bridgehead atoms. The molecule has 4 nitrogen and oxygen atoms in total. The molecule has 158 valence electrons. The molecule has 0 aromatic rings. The van der Waals surface area contributed by atoms with Crippen LogP contribution in [0.15, 0.2) is 24.3 Å². The average molecular weight is 383 g/mol. The number of allylic oxidation sites excluding steroid dienone is 4. The van der Waals surface area contributed by atoms with Crippen LogP contribution in [0.5, 0.6) is 0 Å². The summed E-state index contributed by atoms with van der Waals surface area (Å²) < 4.78 is 10.4. The molecule has 27 heavy (non-hydrogen) atoms. The van der Waals surface area contributed by atoms with Crippen LogP contribution in [0.4, 0.5) is 0 Å². The maximum absolute atomic E-state index is 10.7. The van der Waals surface area contributed by atoms with Crippen LogP contribution in [0.1, 0.15) is 90.9 Å².